The van der Waals surface area contributed by atoms with E-state index >= 15 is 0 Å². The summed E-state index contributed by atoms with van der Waals surface area (Å²) in [7, 11) is 1.60. The Balaban J connectivity index is 1.34. The highest BCUT2D eigenvalue weighted by atomic mass is 16.5. The zero-order chi connectivity index (χ0) is 21.4. The van der Waals surface area contributed by atoms with E-state index < -0.39 is 6.10 Å². The third-order valence-corrected chi connectivity index (χ3v) is 5.23. The predicted molar refractivity (Wildman–Crippen MR) is 111 cm³/mol. The highest BCUT2D eigenvalue weighted by molar-refractivity contribution is 5.93. The maximum atomic E-state index is 13.0. The molecule has 4 heterocycles. The molecule has 1 amide bonds. The highest BCUT2D eigenvalue weighted by Crippen LogP contribution is 2.26. The first-order chi connectivity index (χ1) is 15.1. The maximum Gasteiger partial charge on any atom is 0.274 e. The Morgan fingerprint density at radius 3 is 3.00 bits per heavy atom. The largest absolute Gasteiger partial charge is 0.497 e. The average molecular weight is 419 g/mol. The number of rotatable bonds is 4. The van der Waals surface area contributed by atoms with E-state index in [0.717, 1.165) is 16.8 Å². The number of fused-ring (bicyclic) bond motifs is 1. The summed E-state index contributed by atoms with van der Waals surface area (Å²) >= 11 is 0. The van der Waals surface area contributed by atoms with Crippen LogP contribution in [0.5, 0.6) is 5.75 Å². The molecule has 158 valence electrons. The van der Waals surface area contributed by atoms with Crippen molar-refractivity contribution in [1.82, 2.24) is 24.4 Å². The second-order valence-corrected chi connectivity index (χ2v) is 7.39. The van der Waals surface area contributed by atoms with Crippen molar-refractivity contribution in [3.05, 3.63) is 65.9 Å². The molecular formula is C22H21N5O4. The molecule has 0 saturated carbocycles. The van der Waals surface area contributed by atoms with Crippen LogP contribution in [0, 0.1) is 6.92 Å². The molecule has 1 aromatic carbocycles. The fourth-order valence-electron chi connectivity index (χ4n) is 3.58. The van der Waals surface area contributed by atoms with Gasteiger partial charge in [-0.2, -0.15) is 4.98 Å². The SMILES string of the molecule is COc1cccc(-c2noc(C3CN(C(=O)c4cn5ccc(C)cc5n4)CCO3)n2)c1. The van der Waals surface area contributed by atoms with Gasteiger partial charge >= 0.3 is 0 Å². The van der Waals surface area contributed by atoms with E-state index in [0.29, 0.717) is 42.9 Å². The Bertz CT molecular complexity index is 1250. The molecule has 9 nitrogen and oxygen atoms in total. The number of carbonyl (C=O) groups is 1. The summed E-state index contributed by atoms with van der Waals surface area (Å²) in [5, 5.41) is 4.06. The van der Waals surface area contributed by atoms with Gasteiger partial charge in [0, 0.05) is 24.5 Å². The quantitative estimate of drug-likeness (QED) is 0.502. The fraction of sp³-hybridized carbons (Fsp3) is 0.273. The molecular weight excluding hydrogens is 398 g/mol. The van der Waals surface area contributed by atoms with Crippen molar-refractivity contribution in [1.29, 1.82) is 0 Å². The van der Waals surface area contributed by atoms with Crippen molar-refractivity contribution in [2.45, 2.75) is 13.0 Å². The molecule has 0 bridgehead atoms. The number of morpholine rings is 1. The summed E-state index contributed by atoms with van der Waals surface area (Å²) < 4.78 is 18.3. The van der Waals surface area contributed by atoms with E-state index in [-0.39, 0.29) is 5.91 Å². The number of carbonyl (C=O) groups excluding carboxylic acids is 1. The summed E-state index contributed by atoms with van der Waals surface area (Å²) in [6, 6.07) is 11.3. The average Bonchev–Trinajstić information content (AvgIpc) is 3.46. The summed E-state index contributed by atoms with van der Waals surface area (Å²) in [6.07, 6.45) is 3.15. The molecule has 1 aliphatic rings. The Morgan fingerprint density at radius 2 is 2.13 bits per heavy atom. The van der Waals surface area contributed by atoms with Gasteiger partial charge < -0.3 is 23.3 Å². The van der Waals surface area contributed by atoms with Crippen LogP contribution in [0.25, 0.3) is 17.0 Å². The summed E-state index contributed by atoms with van der Waals surface area (Å²) in [6.45, 7) is 3.15. The Kier molecular flexibility index (Phi) is 4.87. The second-order valence-electron chi connectivity index (χ2n) is 7.39. The second kappa shape index (κ2) is 7.84. The van der Waals surface area contributed by atoms with Gasteiger partial charge in [0.15, 0.2) is 6.10 Å². The zero-order valence-electron chi connectivity index (χ0n) is 17.2. The number of aromatic nitrogens is 4. The van der Waals surface area contributed by atoms with Gasteiger partial charge in [-0.1, -0.05) is 17.3 Å². The number of imidazole rings is 1. The van der Waals surface area contributed by atoms with E-state index in [1.165, 1.54) is 0 Å². The Hall–Kier alpha value is -3.72. The van der Waals surface area contributed by atoms with Gasteiger partial charge in [0.2, 0.25) is 5.82 Å². The van der Waals surface area contributed by atoms with Crippen LogP contribution in [0.4, 0.5) is 0 Å². The van der Waals surface area contributed by atoms with Gasteiger partial charge in [-0.3, -0.25) is 4.79 Å². The minimum atomic E-state index is -0.496. The van der Waals surface area contributed by atoms with E-state index in [9.17, 15) is 4.79 Å². The standard InChI is InChI=1S/C22H21N5O4/c1-14-6-7-26-12-17(23-19(26)10-14)22(28)27-8-9-30-18(13-27)21-24-20(25-31-21)15-4-3-5-16(11-15)29-2/h3-7,10-12,18H,8-9,13H2,1-2H3. The lowest BCUT2D eigenvalue weighted by Gasteiger charge is -2.30. The van der Waals surface area contributed by atoms with Crippen molar-refractivity contribution in [3.8, 4) is 17.1 Å². The van der Waals surface area contributed by atoms with Crippen LogP contribution in [0.1, 0.15) is 28.0 Å². The van der Waals surface area contributed by atoms with Gasteiger partial charge in [-0.15, -0.1) is 0 Å². The van der Waals surface area contributed by atoms with Crippen LogP contribution >= 0.6 is 0 Å². The van der Waals surface area contributed by atoms with E-state index in [1.54, 1.807) is 18.2 Å². The molecule has 5 rings (SSSR count). The monoisotopic (exact) mass is 419 g/mol. The number of pyridine rings is 1. The van der Waals surface area contributed by atoms with E-state index in [2.05, 4.69) is 15.1 Å². The van der Waals surface area contributed by atoms with Crippen molar-refractivity contribution >= 4 is 11.6 Å². The normalized spacial score (nSPS) is 16.6. The predicted octanol–water partition coefficient (Wildman–Crippen LogP) is 2.92. The number of benzene rings is 1. The summed E-state index contributed by atoms with van der Waals surface area (Å²) in [4.78, 5) is 23.7. The number of amides is 1. The van der Waals surface area contributed by atoms with Crippen molar-refractivity contribution in [2.75, 3.05) is 26.8 Å². The van der Waals surface area contributed by atoms with Crippen LogP contribution in [-0.4, -0.2) is 57.1 Å². The number of aryl methyl sites for hydroxylation is 1. The van der Waals surface area contributed by atoms with Crippen molar-refractivity contribution in [3.63, 3.8) is 0 Å². The maximum absolute atomic E-state index is 13.0. The molecule has 1 unspecified atom stereocenters. The number of ether oxygens (including phenoxy) is 2. The molecule has 0 N–H and O–H groups in total. The molecule has 0 radical (unpaired) electrons. The van der Waals surface area contributed by atoms with Crippen LogP contribution in [-0.2, 0) is 4.74 Å². The third kappa shape index (κ3) is 3.75. The number of nitrogens with zero attached hydrogens (tertiary/aromatic N) is 5. The van der Waals surface area contributed by atoms with Gasteiger partial charge in [0.05, 0.1) is 20.3 Å². The first kappa shape index (κ1) is 19.3. The van der Waals surface area contributed by atoms with Gasteiger partial charge in [0.25, 0.3) is 11.8 Å². The number of hydrogen-bond donors (Lipinski definition) is 0. The Labute approximate surface area is 178 Å². The number of hydrogen-bond acceptors (Lipinski definition) is 7. The lowest BCUT2D eigenvalue weighted by atomic mass is 10.2. The minimum Gasteiger partial charge on any atom is -0.497 e. The first-order valence-electron chi connectivity index (χ1n) is 9.95. The lowest BCUT2D eigenvalue weighted by molar-refractivity contribution is -0.0368. The molecule has 0 spiro atoms. The van der Waals surface area contributed by atoms with Crippen LogP contribution in [0.2, 0.25) is 0 Å². The highest BCUT2D eigenvalue weighted by Gasteiger charge is 2.31. The lowest BCUT2D eigenvalue weighted by Crippen LogP contribution is -2.42. The Morgan fingerprint density at radius 1 is 1.23 bits per heavy atom. The van der Waals surface area contributed by atoms with E-state index in [1.807, 2.05) is 53.9 Å². The molecule has 0 aliphatic carbocycles. The first-order valence-corrected chi connectivity index (χ1v) is 9.95. The van der Waals surface area contributed by atoms with Gasteiger partial charge in [-0.05, 0) is 36.8 Å². The third-order valence-electron chi connectivity index (χ3n) is 5.23. The molecule has 31 heavy (non-hydrogen) atoms. The summed E-state index contributed by atoms with van der Waals surface area (Å²) in [5.74, 6) is 1.33. The van der Waals surface area contributed by atoms with Crippen LogP contribution in [0.3, 0.4) is 0 Å². The van der Waals surface area contributed by atoms with Crippen molar-refractivity contribution < 1.29 is 18.8 Å². The van der Waals surface area contributed by atoms with Gasteiger partial charge in [0.1, 0.15) is 17.1 Å². The van der Waals surface area contributed by atoms with Crippen LogP contribution in [0.15, 0.2) is 53.3 Å². The minimum absolute atomic E-state index is 0.151. The molecule has 4 aromatic rings. The smallest absolute Gasteiger partial charge is 0.274 e. The molecule has 1 atom stereocenters. The topological polar surface area (TPSA) is 95.0 Å². The fourth-order valence-corrected chi connectivity index (χ4v) is 3.58. The zero-order valence-corrected chi connectivity index (χ0v) is 17.2. The van der Waals surface area contributed by atoms with E-state index in [4.69, 9.17) is 14.0 Å². The summed E-state index contributed by atoms with van der Waals surface area (Å²) in [5.41, 5.74) is 3.01. The van der Waals surface area contributed by atoms with Gasteiger partial charge in [-0.25, -0.2) is 4.98 Å². The van der Waals surface area contributed by atoms with Crippen molar-refractivity contribution in [2.24, 2.45) is 0 Å². The molecule has 1 saturated heterocycles. The molecule has 1 fully saturated rings. The van der Waals surface area contributed by atoms with Crippen LogP contribution < -0.4 is 4.74 Å². The molecule has 9 heteroatoms. The number of methoxy groups -OCH3 is 1. The molecule has 1 aliphatic heterocycles. The molecule has 3 aromatic heterocycles.